The summed E-state index contributed by atoms with van der Waals surface area (Å²) in [4.78, 5) is 49.1. The number of nitrogens with zero attached hydrogens (tertiary/aromatic N) is 1. The smallest absolute Gasteiger partial charge is 0.325 e. The number of rotatable bonds is 7. The van der Waals surface area contributed by atoms with Gasteiger partial charge >= 0.3 is 12.0 Å². The second kappa shape index (κ2) is 7.71. The van der Waals surface area contributed by atoms with Crippen LogP contribution < -0.4 is 10.6 Å². The molecule has 9 heteroatoms. The summed E-state index contributed by atoms with van der Waals surface area (Å²) in [6.07, 6.45) is 0.569. The summed E-state index contributed by atoms with van der Waals surface area (Å²) >= 11 is 0. The maximum absolute atomic E-state index is 12.8. The number of carbonyl (C=O) groups excluding carboxylic acids is 4. The number of carbonyl (C=O) groups is 4. The van der Waals surface area contributed by atoms with Crippen LogP contribution in [-0.4, -0.2) is 48.9 Å². The molecule has 1 aromatic carbocycles. The number of urea groups is 1. The molecular weight excluding hydrogens is 366 g/mol. The van der Waals surface area contributed by atoms with Gasteiger partial charge in [0.05, 0.1) is 7.11 Å². The van der Waals surface area contributed by atoms with Gasteiger partial charge in [-0.25, -0.2) is 4.79 Å². The molecule has 3 rings (SSSR count). The van der Waals surface area contributed by atoms with Crippen molar-refractivity contribution in [1.82, 2.24) is 15.5 Å². The van der Waals surface area contributed by atoms with E-state index >= 15 is 0 Å². The average molecular weight is 387 g/mol. The van der Waals surface area contributed by atoms with Crippen molar-refractivity contribution >= 4 is 34.8 Å². The zero-order valence-electron chi connectivity index (χ0n) is 15.6. The lowest BCUT2D eigenvalue weighted by atomic mass is 9.99. The number of nitrogens with one attached hydrogen (secondary N) is 2. The molecule has 0 radical (unpaired) electrons. The highest BCUT2D eigenvalue weighted by Crippen LogP contribution is 2.32. The van der Waals surface area contributed by atoms with E-state index in [-0.39, 0.29) is 18.9 Å². The summed E-state index contributed by atoms with van der Waals surface area (Å²) in [5.74, 6) is -1.14. The van der Waals surface area contributed by atoms with E-state index in [2.05, 4.69) is 15.4 Å². The molecule has 1 aromatic heterocycles. The summed E-state index contributed by atoms with van der Waals surface area (Å²) in [7, 11) is 1.29. The van der Waals surface area contributed by atoms with Crippen molar-refractivity contribution in [1.29, 1.82) is 0 Å². The Morgan fingerprint density at radius 2 is 2.04 bits per heavy atom. The van der Waals surface area contributed by atoms with Gasteiger partial charge in [-0.05, 0) is 25.5 Å². The predicted octanol–water partition coefficient (Wildman–Crippen LogP) is 1.27. The Balaban J connectivity index is 1.64. The molecule has 4 amide bonds. The number of benzene rings is 1. The first-order valence-electron chi connectivity index (χ1n) is 8.82. The van der Waals surface area contributed by atoms with E-state index < -0.39 is 29.9 Å². The number of hydrogen-bond donors (Lipinski definition) is 2. The van der Waals surface area contributed by atoms with Crippen LogP contribution in [0.3, 0.4) is 0 Å². The molecule has 1 saturated heterocycles. The van der Waals surface area contributed by atoms with Gasteiger partial charge in [0, 0.05) is 18.4 Å². The summed E-state index contributed by atoms with van der Waals surface area (Å²) < 4.78 is 10.2. The summed E-state index contributed by atoms with van der Waals surface area (Å²) in [5.41, 5.74) is -0.788. The summed E-state index contributed by atoms with van der Waals surface area (Å²) in [6, 6.07) is 8.29. The van der Waals surface area contributed by atoms with Gasteiger partial charge in [0.2, 0.25) is 5.91 Å². The minimum Gasteiger partial charge on any atom is -0.469 e. The molecule has 0 saturated carbocycles. The van der Waals surface area contributed by atoms with E-state index in [4.69, 9.17) is 4.42 Å². The van der Waals surface area contributed by atoms with Gasteiger partial charge in [0.15, 0.2) is 5.54 Å². The number of ether oxygens (including phenoxy) is 1. The molecule has 0 bridgehead atoms. The average Bonchev–Trinajstić information content (AvgIpc) is 3.21. The molecule has 2 N–H and O–H groups in total. The van der Waals surface area contributed by atoms with Crippen molar-refractivity contribution in [3.8, 4) is 0 Å². The Labute approximate surface area is 161 Å². The fourth-order valence-electron chi connectivity index (χ4n) is 3.00. The van der Waals surface area contributed by atoms with E-state index in [1.165, 1.54) is 7.11 Å². The van der Waals surface area contributed by atoms with Gasteiger partial charge < -0.3 is 19.8 Å². The van der Waals surface area contributed by atoms with Gasteiger partial charge in [-0.3, -0.25) is 19.3 Å². The zero-order valence-corrected chi connectivity index (χ0v) is 15.6. The first-order valence-corrected chi connectivity index (χ1v) is 8.82. The van der Waals surface area contributed by atoms with Crippen LogP contribution in [0.15, 0.2) is 34.7 Å². The number of fused-ring (bicyclic) bond motifs is 1. The van der Waals surface area contributed by atoms with Crippen molar-refractivity contribution in [2.45, 2.75) is 25.3 Å². The Hall–Kier alpha value is -3.36. The lowest BCUT2D eigenvalue weighted by Crippen LogP contribution is -2.43. The molecule has 0 unspecified atom stereocenters. The monoisotopic (exact) mass is 387 g/mol. The third-order valence-electron chi connectivity index (χ3n) is 4.60. The maximum atomic E-state index is 12.8. The number of amides is 4. The Morgan fingerprint density at radius 3 is 2.75 bits per heavy atom. The van der Waals surface area contributed by atoms with E-state index in [0.717, 1.165) is 10.3 Å². The van der Waals surface area contributed by atoms with Crippen LogP contribution in [0, 0.1) is 0 Å². The molecule has 2 heterocycles. The van der Waals surface area contributed by atoms with E-state index in [1.54, 1.807) is 19.1 Å². The second-order valence-electron chi connectivity index (χ2n) is 6.62. The van der Waals surface area contributed by atoms with Crippen LogP contribution in [0.25, 0.3) is 11.0 Å². The Morgan fingerprint density at radius 1 is 1.29 bits per heavy atom. The maximum Gasteiger partial charge on any atom is 0.325 e. The number of furan rings is 1. The standard InChI is InChI=1S/C19H21N3O6/c1-19(14-10-12-6-3-4-7-13(12)28-14)17(25)22(18(26)21-19)11-15(23)20-9-5-8-16(24)27-2/h3-4,6-7,10H,5,8-9,11H2,1-2H3,(H,20,23)(H,21,26)/t19-/m0/s1. The fourth-order valence-corrected chi connectivity index (χ4v) is 3.00. The first-order chi connectivity index (χ1) is 13.3. The van der Waals surface area contributed by atoms with Crippen LogP contribution in [0.1, 0.15) is 25.5 Å². The fraction of sp³-hybridized carbons (Fsp3) is 0.368. The molecule has 9 nitrogen and oxygen atoms in total. The van der Waals surface area contributed by atoms with E-state index in [0.29, 0.717) is 17.8 Å². The van der Waals surface area contributed by atoms with Crippen molar-refractivity contribution in [3.63, 3.8) is 0 Å². The highest BCUT2D eigenvalue weighted by atomic mass is 16.5. The van der Waals surface area contributed by atoms with Gasteiger partial charge in [0.1, 0.15) is 17.9 Å². The number of imide groups is 1. The minimum atomic E-state index is -1.39. The zero-order chi connectivity index (χ0) is 20.3. The van der Waals surface area contributed by atoms with Crippen LogP contribution in [0.2, 0.25) is 0 Å². The van der Waals surface area contributed by atoms with Crippen LogP contribution >= 0.6 is 0 Å². The van der Waals surface area contributed by atoms with Gasteiger partial charge in [-0.2, -0.15) is 0 Å². The summed E-state index contributed by atoms with van der Waals surface area (Å²) in [5, 5.41) is 5.99. The molecule has 1 fully saturated rings. The topological polar surface area (TPSA) is 118 Å². The SMILES string of the molecule is COC(=O)CCCNC(=O)CN1C(=O)N[C@@](C)(c2cc3ccccc3o2)C1=O. The summed E-state index contributed by atoms with van der Waals surface area (Å²) in [6.45, 7) is 1.36. The molecule has 0 spiro atoms. The number of hydrogen-bond acceptors (Lipinski definition) is 6. The lowest BCUT2D eigenvalue weighted by molar-refractivity contribution is -0.140. The van der Waals surface area contributed by atoms with E-state index in [1.807, 2.05) is 18.2 Å². The molecular formula is C19H21N3O6. The molecule has 2 aromatic rings. The molecule has 1 aliphatic heterocycles. The minimum absolute atomic E-state index is 0.171. The second-order valence-corrected chi connectivity index (χ2v) is 6.62. The van der Waals surface area contributed by atoms with Crippen LogP contribution in [0.4, 0.5) is 4.79 Å². The molecule has 1 aliphatic rings. The molecule has 148 valence electrons. The molecule has 28 heavy (non-hydrogen) atoms. The largest absolute Gasteiger partial charge is 0.469 e. The third kappa shape index (κ3) is 3.68. The quantitative estimate of drug-likeness (QED) is 0.420. The highest BCUT2D eigenvalue weighted by molar-refractivity contribution is 6.09. The third-order valence-corrected chi connectivity index (χ3v) is 4.60. The van der Waals surface area contributed by atoms with Crippen molar-refractivity contribution in [2.75, 3.05) is 20.2 Å². The number of esters is 1. The normalized spacial score (nSPS) is 19.0. The van der Waals surface area contributed by atoms with Gasteiger partial charge in [-0.15, -0.1) is 0 Å². The molecule has 0 aliphatic carbocycles. The van der Waals surface area contributed by atoms with Gasteiger partial charge in [-0.1, -0.05) is 18.2 Å². The number of methoxy groups -OCH3 is 1. The lowest BCUT2D eigenvalue weighted by Gasteiger charge is -2.18. The predicted molar refractivity (Wildman–Crippen MR) is 98.1 cm³/mol. The Kier molecular flexibility index (Phi) is 5.34. The number of para-hydroxylation sites is 1. The van der Waals surface area contributed by atoms with Crippen molar-refractivity contribution < 1.29 is 28.3 Å². The van der Waals surface area contributed by atoms with Crippen LogP contribution in [0.5, 0.6) is 0 Å². The van der Waals surface area contributed by atoms with Gasteiger partial charge in [0.25, 0.3) is 5.91 Å². The van der Waals surface area contributed by atoms with E-state index in [9.17, 15) is 19.2 Å². The van der Waals surface area contributed by atoms with Crippen molar-refractivity contribution in [3.05, 3.63) is 36.1 Å². The van der Waals surface area contributed by atoms with Crippen molar-refractivity contribution in [2.24, 2.45) is 0 Å². The highest BCUT2D eigenvalue weighted by Gasteiger charge is 2.51. The first kappa shape index (κ1) is 19.4. The van der Waals surface area contributed by atoms with Crippen LogP contribution in [-0.2, 0) is 24.7 Å². The molecule has 1 atom stereocenters. The Bertz CT molecular complexity index is 904.